The number of carboxylic acids is 1. The van der Waals surface area contributed by atoms with Gasteiger partial charge in [0, 0.05) is 5.39 Å². The maximum absolute atomic E-state index is 11.4. The molecule has 0 saturated carbocycles. The lowest BCUT2D eigenvalue weighted by atomic mass is 10.1. The van der Waals surface area contributed by atoms with Gasteiger partial charge in [0.15, 0.2) is 0 Å². The number of rotatable bonds is 1. The molecule has 0 aliphatic heterocycles. The van der Waals surface area contributed by atoms with Crippen LogP contribution in [0.1, 0.15) is 10.4 Å². The molecular formula is C17H10N2O3. The van der Waals surface area contributed by atoms with Gasteiger partial charge < -0.3 is 10.2 Å². The van der Waals surface area contributed by atoms with Crippen LogP contribution >= 0.6 is 0 Å². The number of fused-ring (bicyclic) bond motifs is 4. The quantitative estimate of drug-likeness (QED) is 0.415. The molecule has 5 heteroatoms. The first kappa shape index (κ1) is 12.5. The number of carboxylic acid groups (broad SMARTS) is 1. The topological polar surface area (TPSA) is 83.3 Å². The van der Waals surface area contributed by atoms with Gasteiger partial charge in [-0.3, -0.25) is 0 Å². The van der Waals surface area contributed by atoms with E-state index in [1.54, 1.807) is 30.3 Å². The van der Waals surface area contributed by atoms with E-state index in [-0.39, 0.29) is 11.3 Å². The minimum absolute atomic E-state index is 0.127. The van der Waals surface area contributed by atoms with E-state index < -0.39 is 5.97 Å². The lowest BCUT2D eigenvalue weighted by molar-refractivity contribution is 0.0699. The molecule has 2 N–H and O–H groups in total. The molecular weight excluding hydrogens is 280 g/mol. The van der Waals surface area contributed by atoms with Crippen molar-refractivity contribution < 1.29 is 15.0 Å². The van der Waals surface area contributed by atoms with Crippen molar-refractivity contribution in [3.05, 3.63) is 54.1 Å². The van der Waals surface area contributed by atoms with E-state index in [9.17, 15) is 15.0 Å². The molecule has 0 saturated heterocycles. The van der Waals surface area contributed by atoms with E-state index in [4.69, 9.17) is 0 Å². The molecule has 1 heterocycles. The van der Waals surface area contributed by atoms with E-state index in [1.807, 2.05) is 12.1 Å². The van der Waals surface area contributed by atoms with Crippen LogP contribution in [0.15, 0.2) is 48.5 Å². The highest BCUT2D eigenvalue weighted by molar-refractivity contribution is 6.08. The van der Waals surface area contributed by atoms with Crippen LogP contribution in [0, 0.1) is 0 Å². The number of hydrogen-bond acceptors (Lipinski definition) is 4. The summed E-state index contributed by atoms with van der Waals surface area (Å²) in [5, 5.41) is 20.5. The summed E-state index contributed by atoms with van der Waals surface area (Å²) < 4.78 is 0. The highest BCUT2D eigenvalue weighted by atomic mass is 16.4. The van der Waals surface area contributed by atoms with Crippen LogP contribution in [0.3, 0.4) is 0 Å². The fourth-order valence-electron chi connectivity index (χ4n) is 2.65. The van der Waals surface area contributed by atoms with Crippen molar-refractivity contribution in [3.8, 4) is 5.75 Å². The Balaban J connectivity index is 2.20. The average Bonchev–Trinajstić information content (AvgIpc) is 2.51. The molecule has 3 aromatic carbocycles. The molecule has 0 spiro atoms. The van der Waals surface area contributed by atoms with Crippen LogP contribution in [0.2, 0.25) is 0 Å². The number of para-hydroxylation sites is 1. The minimum atomic E-state index is -1.03. The molecule has 22 heavy (non-hydrogen) atoms. The minimum Gasteiger partial charge on any atom is -0.508 e. The highest BCUT2D eigenvalue weighted by Gasteiger charge is 2.12. The summed E-state index contributed by atoms with van der Waals surface area (Å²) in [6.45, 7) is 0. The summed E-state index contributed by atoms with van der Waals surface area (Å²) in [5.41, 5.74) is 2.35. The number of phenolic OH excluding ortho intramolecular Hbond substituents is 1. The third kappa shape index (κ3) is 1.76. The number of aromatic hydroxyl groups is 1. The molecule has 0 aliphatic rings. The summed E-state index contributed by atoms with van der Waals surface area (Å²) >= 11 is 0. The molecule has 0 aliphatic carbocycles. The Morgan fingerprint density at radius 3 is 2.55 bits per heavy atom. The van der Waals surface area contributed by atoms with Crippen LogP contribution in [0.5, 0.6) is 5.75 Å². The van der Waals surface area contributed by atoms with Crippen molar-refractivity contribution in [2.75, 3.05) is 0 Å². The van der Waals surface area contributed by atoms with Gasteiger partial charge in [0.2, 0.25) is 0 Å². The molecule has 5 nitrogen and oxygen atoms in total. The van der Waals surface area contributed by atoms with Crippen molar-refractivity contribution >= 4 is 38.8 Å². The smallest absolute Gasteiger partial charge is 0.337 e. The lowest BCUT2D eigenvalue weighted by Crippen LogP contribution is -2.00. The molecule has 0 unspecified atom stereocenters. The normalized spacial score (nSPS) is 11.3. The van der Waals surface area contributed by atoms with Crippen molar-refractivity contribution in [3.63, 3.8) is 0 Å². The SMILES string of the molecule is O=C(O)c1cccc2nc3ccc4cc(O)ccc4c3nc12. The van der Waals surface area contributed by atoms with Gasteiger partial charge in [-0.15, -0.1) is 0 Å². The predicted octanol–water partition coefficient (Wildman–Crippen LogP) is 3.34. The van der Waals surface area contributed by atoms with Gasteiger partial charge in [-0.05, 0) is 41.8 Å². The molecule has 4 rings (SSSR count). The Kier molecular flexibility index (Phi) is 2.50. The Hall–Kier alpha value is -3.21. The second-order valence-corrected chi connectivity index (χ2v) is 5.04. The van der Waals surface area contributed by atoms with Gasteiger partial charge >= 0.3 is 5.97 Å². The van der Waals surface area contributed by atoms with Crippen molar-refractivity contribution in [1.29, 1.82) is 0 Å². The van der Waals surface area contributed by atoms with Crippen molar-refractivity contribution in [2.24, 2.45) is 0 Å². The largest absolute Gasteiger partial charge is 0.508 e. The molecule has 0 atom stereocenters. The Morgan fingerprint density at radius 2 is 1.73 bits per heavy atom. The van der Waals surface area contributed by atoms with E-state index in [2.05, 4.69) is 9.97 Å². The van der Waals surface area contributed by atoms with E-state index in [1.165, 1.54) is 6.07 Å². The molecule has 0 radical (unpaired) electrons. The summed E-state index contributed by atoms with van der Waals surface area (Å²) in [7, 11) is 0. The third-order valence-corrected chi connectivity index (χ3v) is 3.66. The second-order valence-electron chi connectivity index (χ2n) is 5.04. The van der Waals surface area contributed by atoms with E-state index >= 15 is 0 Å². The van der Waals surface area contributed by atoms with Gasteiger partial charge in [-0.2, -0.15) is 0 Å². The zero-order valence-electron chi connectivity index (χ0n) is 11.3. The van der Waals surface area contributed by atoms with Crippen LogP contribution in [0.4, 0.5) is 0 Å². The fourth-order valence-corrected chi connectivity index (χ4v) is 2.65. The van der Waals surface area contributed by atoms with Gasteiger partial charge in [-0.1, -0.05) is 12.1 Å². The maximum Gasteiger partial charge on any atom is 0.337 e. The number of carbonyl (C=O) groups is 1. The maximum atomic E-state index is 11.4. The third-order valence-electron chi connectivity index (χ3n) is 3.66. The molecule has 1 aromatic heterocycles. The van der Waals surface area contributed by atoms with Crippen LogP contribution in [-0.4, -0.2) is 26.2 Å². The van der Waals surface area contributed by atoms with Crippen LogP contribution in [-0.2, 0) is 0 Å². The second kappa shape index (κ2) is 4.39. The summed E-state index contributed by atoms with van der Waals surface area (Å²) in [5.74, 6) is -0.857. The van der Waals surface area contributed by atoms with Crippen molar-refractivity contribution in [2.45, 2.75) is 0 Å². The van der Waals surface area contributed by atoms with Gasteiger partial charge in [0.05, 0.1) is 22.1 Å². The van der Waals surface area contributed by atoms with Gasteiger partial charge in [0.1, 0.15) is 11.3 Å². The zero-order valence-corrected chi connectivity index (χ0v) is 11.3. The monoisotopic (exact) mass is 290 g/mol. The van der Waals surface area contributed by atoms with E-state index in [0.29, 0.717) is 22.1 Å². The van der Waals surface area contributed by atoms with E-state index in [0.717, 1.165) is 10.8 Å². The molecule has 4 aromatic rings. The number of hydrogen-bond donors (Lipinski definition) is 2. The number of aromatic nitrogens is 2. The Morgan fingerprint density at radius 1 is 0.909 bits per heavy atom. The van der Waals surface area contributed by atoms with Gasteiger partial charge in [0.25, 0.3) is 0 Å². The van der Waals surface area contributed by atoms with Crippen molar-refractivity contribution in [1.82, 2.24) is 9.97 Å². The predicted molar refractivity (Wildman–Crippen MR) is 83.2 cm³/mol. The Bertz CT molecular complexity index is 1070. The molecule has 106 valence electrons. The van der Waals surface area contributed by atoms with Crippen LogP contribution in [0.25, 0.3) is 32.8 Å². The molecule has 0 bridgehead atoms. The first-order valence-corrected chi connectivity index (χ1v) is 6.69. The summed E-state index contributed by atoms with van der Waals surface area (Å²) in [4.78, 5) is 20.4. The average molecular weight is 290 g/mol. The molecule has 0 fully saturated rings. The summed E-state index contributed by atoms with van der Waals surface area (Å²) in [6, 6.07) is 13.6. The number of aromatic carboxylic acids is 1. The number of benzene rings is 3. The van der Waals surface area contributed by atoms with Gasteiger partial charge in [-0.25, -0.2) is 14.8 Å². The Labute approximate surface area is 124 Å². The first-order valence-electron chi connectivity index (χ1n) is 6.69. The zero-order chi connectivity index (χ0) is 15.3. The summed E-state index contributed by atoms with van der Waals surface area (Å²) in [6.07, 6.45) is 0. The highest BCUT2D eigenvalue weighted by Crippen LogP contribution is 2.28. The number of phenols is 1. The first-order chi connectivity index (χ1) is 10.6. The molecule has 0 amide bonds. The standard InChI is InChI=1S/C17H10N2O3/c20-10-5-6-11-9(8-10)4-7-14-15(11)19-16-12(17(21)22)2-1-3-13(16)18-14/h1-8,20H,(H,21,22). The lowest BCUT2D eigenvalue weighted by Gasteiger charge is -2.06. The number of nitrogens with zero attached hydrogens (tertiary/aromatic N) is 2. The fraction of sp³-hybridized carbons (Fsp3) is 0. The van der Waals surface area contributed by atoms with Crippen LogP contribution < -0.4 is 0 Å².